The van der Waals surface area contributed by atoms with Gasteiger partial charge >= 0.3 is 0 Å². The van der Waals surface area contributed by atoms with Gasteiger partial charge in [-0.2, -0.15) is 0 Å². The zero-order valence-electron chi connectivity index (χ0n) is 9.97. The van der Waals surface area contributed by atoms with Crippen molar-refractivity contribution in [3.05, 3.63) is 61.2 Å². The first-order valence-corrected chi connectivity index (χ1v) is 5.57. The van der Waals surface area contributed by atoms with E-state index in [0.717, 1.165) is 5.56 Å². The average Bonchev–Trinajstić information content (AvgIpc) is 2.39. The molecule has 0 aromatic heterocycles. The topological polar surface area (TPSA) is 30.5 Å². The van der Waals surface area contributed by atoms with Crippen LogP contribution in [0, 0.1) is 0 Å². The van der Waals surface area contributed by atoms with Crippen LogP contribution in [0.5, 0.6) is 0 Å². The summed E-state index contributed by atoms with van der Waals surface area (Å²) in [6.45, 7) is 8.76. The van der Waals surface area contributed by atoms with Gasteiger partial charge in [0.05, 0.1) is 19.9 Å². The minimum absolute atomic E-state index is 0.208. The Morgan fingerprint density at radius 2 is 2.00 bits per heavy atom. The van der Waals surface area contributed by atoms with E-state index >= 15 is 0 Å². The molecule has 17 heavy (non-hydrogen) atoms. The van der Waals surface area contributed by atoms with E-state index in [4.69, 9.17) is 9.47 Å². The predicted molar refractivity (Wildman–Crippen MR) is 69.4 cm³/mol. The van der Waals surface area contributed by atoms with Crippen LogP contribution in [-0.4, -0.2) is 19.6 Å². The minimum Gasteiger partial charge on any atom is -0.362 e. The molecule has 0 aliphatic carbocycles. The van der Waals surface area contributed by atoms with Gasteiger partial charge in [-0.05, 0) is 11.6 Å². The van der Waals surface area contributed by atoms with Crippen molar-refractivity contribution >= 4 is 0 Å². The van der Waals surface area contributed by atoms with Gasteiger partial charge in [-0.1, -0.05) is 43.0 Å². The molecule has 0 saturated carbocycles. The Bertz CT molecular complexity index is 324. The summed E-state index contributed by atoms with van der Waals surface area (Å²) < 4.78 is 10.8. The van der Waals surface area contributed by atoms with Crippen LogP contribution in [0.2, 0.25) is 0 Å². The fourth-order valence-corrected chi connectivity index (χ4v) is 1.25. The number of ether oxygens (including phenoxy) is 2. The van der Waals surface area contributed by atoms with Crippen molar-refractivity contribution in [1.82, 2.24) is 5.32 Å². The van der Waals surface area contributed by atoms with Gasteiger partial charge in [0.25, 0.3) is 0 Å². The van der Waals surface area contributed by atoms with Gasteiger partial charge in [-0.3, -0.25) is 5.32 Å². The Morgan fingerprint density at radius 3 is 2.65 bits per heavy atom. The summed E-state index contributed by atoms with van der Waals surface area (Å²) >= 11 is 0. The van der Waals surface area contributed by atoms with Crippen molar-refractivity contribution in [2.24, 2.45) is 0 Å². The second-order valence-corrected chi connectivity index (χ2v) is 3.46. The van der Waals surface area contributed by atoms with E-state index in [1.54, 1.807) is 12.2 Å². The maximum atomic E-state index is 5.62. The largest absolute Gasteiger partial charge is 0.362 e. The number of hydrogen-bond donors (Lipinski definition) is 1. The second-order valence-electron chi connectivity index (χ2n) is 3.46. The molecule has 1 aromatic carbocycles. The van der Waals surface area contributed by atoms with Crippen LogP contribution in [0.4, 0.5) is 0 Å². The Morgan fingerprint density at radius 1 is 1.24 bits per heavy atom. The molecule has 1 aromatic rings. The SMILES string of the molecule is C=CCOCNC(C=C)OCc1ccccc1. The number of benzene rings is 1. The summed E-state index contributed by atoms with van der Waals surface area (Å²) in [5, 5.41) is 3.06. The number of hydrogen-bond acceptors (Lipinski definition) is 3. The molecule has 0 aliphatic heterocycles. The molecule has 1 unspecified atom stereocenters. The van der Waals surface area contributed by atoms with Crippen molar-refractivity contribution in [2.75, 3.05) is 13.3 Å². The van der Waals surface area contributed by atoms with Crippen LogP contribution in [0.3, 0.4) is 0 Å². The Labute approximate surface area is 103 Å². The van der Waals surface area contributed by atoms with Gasteiger partial charge in [0, 0.05) is 0 Å². The van der Waals surface area contributed by atoms with Crippen LogP contribution < -0.4 is 5.32 Å². The summed E-state index contributed by atoms with van der Waals surface area (Å²) in [5.74, 6) is 0. The fraction of sp³-hybridized carbons (Fsp3) is 0.286. The second kappa shape index (κ2) is 8.70. The average molecular weight is 233 g/mol. The molecule has 0 bridgehead atoms. The van der Waals surface area contributed by atoms with Crippen molar-refractivity contribution in [1.29, 1.82) is 0 Å². The summed E-state index contributed by atoms with van der Waals surface area (Å²) in [6.07, 6.45) is 3.20. The molecule has 0 spiro atoms. The predicted octanol–water partition coefficient (Wildman–Crippen LogP) is 2.47. The molecule has 1 rings (SSSR count). The third kappa shape index (κ3) is 6.02. The van der Waals surface area contributed by atoms with Gasteiger partial charge in [-0.15, -0.1) is 6.58 Å². The lowest BCUT2D eigenvalue weighted by Crippen LogP contribution is -2.31. The van der Waals surface area contributed by atoms with E-state index < -0.39 is 0 Å². The lowest BCUT2D eigenvalue weighted by atomic mass is 10.2. The third-order valence-corrected chi connectivity index (χ3v) is 2.11. The highest BCUT2D eigenvalue weighted by Crippen LogP contribution is 2.02. The van der Waals surface area contributed by atoms with Crippen LogP contribution in [0.25, 0.3) is 0 Å². The summed E-state index contributed by atoms with van der Waals surface area (Å²) in [7, 11) is 0. The zero-order valence-corrected chi connectivity index (χ0v) is 9.97. The number of rotatable bonds is 9. The van der Waals surface area contributed by atoms with Crippen LogP contribution in [0.1, 0.15) is 5.56 Å². The maximum Gasteiger partial charge on any atom is 0.129 e. The molecule has 0 heterocycles. The quantitative estimate of drug-likeness (QED) is 0.404. The molecule has 92 valence electrons. The normalized spacial score (nSPS) is 12.0. The van der Waals surface area contributed by atoms with Crippen molar-refractivity contribution in [3.63, 3.8) is 0 Å². The minimum atomic E-state index is -0.208. The Hall–Kier alpha value is -1.42. The van der Waals surface area contributed by atoms with Crippen molar-refractivity contribution in [2.45, 2.75) is 12.8 Å². The van der Waals surface area contributed by atoms with Crippen LogP contribution in [-0.2, 0) is 16.1 Å². The fourth-order valence-electron chi connectivity index (χ4n) is 1.25. The summed E-state index contributed by atoms with van der Waals surface area (Å²) in [5.41, 5.74) is 1.13. The summed E-state index contributed by atoms with van der Waals surface area (Å²) in [6, 6.07) is 10.0. The monoisotopic (exact) mass is 233 g/mol. The van der Waals surface area contributed by atoms with Gasteiger partial charge in [0.2, 0.25) is 0 Å². The number of nitrogens with one attached hydrogen (secondary N) is 1. The first kappa shape index (κ1) is 13.6. The van der Waals surface area contributed by atoms with Gasteiger partial charge in [0.1, 0.15) is 6.23 Å². The lowest BCUT2D eigenvalue weighted by Gasteiger charge is -2.15. The molecular weight excluding hydrogens is 214 g/mol. The van der Waals surface area contributed by atoms with E-state index in [9.17, 15) is 0 Å². The van der Waals surface area contributed by atoms with Crippen molar-refractivity contribution < 1.29 is 9.47 Å². The van der Waals surface area contributed by atoms with Crippen LogP contribution in [0.15, 0.2) is 55.6 Å². The molecule has 3 nitrogen and oxygen atoms in total. The molecule has 3 heteroatoms. The van der Waals surface area contributed by atoms with E-state index in [1.165, 1.54) is 0 Å². The van der Waals surface area contributed by atoms with Crippen molar-refractivity contribution in [3.8, 4) is 0 Å². The van der Waals surface area contributed by atoms with E-state index in [-0.39, 0.29) is 6.23 Å². The molecule has 0 amide bonds. The molecule has 1 N–H and O–H groups in total. The van der Waals surface area contributed by atoms with Gasteiger partial charge in [0.15, 0.2) is 0 Å². The van der Waals surface area contributed by atoms with Gasteiger partial charge < -0.3 is 9.47 Å². The molecule has 0 aliphatic rings. The lowest BCUT2D eigenvalue weighted by molar-refractivity contribution is 0.0185. The maximum absolute atomic E-state index is 5.62. The molecular formula is C14H19NO2. The van der Waals surface area contributed by atoms with Crippen LogP contribution >= 0.6 is 0 Å². The van der Waals surface area contributed by atoms with E-state index in [0.29, 0.717) is 19.9 Å². The molecule has 0 fully saturated rings. The highest BCUT2D eigenvalue weighted by Gasteiger charge is 2.02. The smallest absolute Gasteiger partial charge is 0.129 e. The highest BCUT2D eigenvalue weighted by atomic mass is 16.5. The Kier molecular flexibility index (Phi) is 6.98. The molecule has 0 saturated heterocycles. The third-order valence-electron chi connectivity index (χ3n) is 2.11. The standard InChI is InChI=1S/C14H19NO2/c1-3-10-16-12-15-14(4-2)17-11-13-8-6-5-7-9-13/h3-9,14-15H,1-2,10-12H2. The van der Waals surface area contributed by atoms with Gasteiger partial charge in [-0.25, -0.2) is 0 Å². The van der Waals surface area contributed by atoms with E-state index in [1.807, 2.05) is 30.3 Å². The van der Waals surface area contributed by atoms with E-state index in [2.05, 4.69) is 18.5 Å². The zero-order chi connectivity index (χ0) is 12.3. The molecule has 1 atom stereocenters. The molecule has 0 radical (unpaired) electrons. The summed E-state index contributed by atoms with van der Waals surface area (Å²) in [4.78, 5) is 0. The highest BCUT2D eigenvalue weighted by molar-refractivity contribution is 5.13. The first-order valence-electron chi connectivity index (χ1n) is 5.57. The first-order chi connectivity index (χ1) is 8.36. The Balaban J connectivity index is 2.22.